The van der Waals surface area contributed by atoms with Crippen LogP contribution in [0.25, 0.3) is 0 Å². The molecule has 48 heavy (non-hydrogen) atoms. The molecule has 0 bridgehead atoms. The molecule has 1 aliphatic heterocycles. The average molecular weight is 676 g/mol. The fraction of sp³-hybridized carbons (Fsp3) is 0.486. The largest absolute Gasteiger partial charge is 0.410 e. The van der Waals surface area contributed by atoms with Gasteiger partial charge in [-0.3, -0.25) is 14.4 Å². The summed E-state index contributed by atoms with van der Waals surface area (Å²) in [4.78, 5) is 56.2. The molecule has 6 rings (SSSR count). The molecule has 3 atom stereocenters. The maximum atomic E-state index is 14.2. The smallest absolute Gasteiger partial charge is 0.318 e. The zero-order valence-electron chi connectivity index (χ0n) is 27.3. The molecular weight excluding hydrogens is 634 g/mol. The summed E-state index contributed by atoms with van der Waals surface area (Å²) in [6.07, 6.45) is 4.45. The Balaban J connectivity index is 1.26. The first-order valence-electron chi connectivity index (χ1n) is 16.6. The third kappa shape index (κ3) is 6.76. The minimum absolute atomic E-state index is 0.0684. The Morgan fingerprint density at radius 3 is 2.19 bits per heavy atom. The average Bonchev–Trinajstić information content (AvgIpc) is 3.97. The molecule has 3 fully saturated rings. The lowest BCUT2D eigenvalue weighted by Crippen LogP contribution is -2.59. The molecule has 4 aliphatic rings. The van der Waals surface area contributed by atoms with E-state index in [-0.39, 0.29) is 41.9 Å². The molecule has 5 amide bonds. The first-order valence-corrected chi connectivity index (χ1v) is 16.9. The minimum atomic E-state index is -1.21. The van der Waals surface area contributed by atoms with E-state index >= 15 is 0 Å². The summed E-state index contributed by atoms with van der Waals surface area (Å²) >= 11 is 6.07. The topological polar surface area (TPSA) is 176 Å². The van der Waals surface area contributed by atoms with Crippen LogP contribution in [0.1, 0.15) is 57.6 Å². The maximum Gasteiger partial charge on any atom is 0.318 e. The van der Waals surface area contributed by atoms with Crippen LogP contribution in [0.5, 0.6) is 0 Å². The fourth-order valence-electron chi connectivity index (χ4n) is 7.24. The summed E-state index contributed by atoms with van der Waals surface area (Å²) < 4.78 is 0. The van der Waals surface area contributed by atoms with Gasteiger partial charge in [-0.05, 0) is 104 Å². The van der Waals surface area contributed by atoms with Crippen LogP contribution in [0.2, 0.25) is 5.02 Å². The number of nitrogens with one attached hydrogen (secondary N) is 5. The van der Waals surface area contributed by atoms with E-state index in [9.17, 15) is 24.4 Å². The predicted octanol–water partition coefficient (Wildman–Crippen LogP) is 4.60. The van der Waals surface area contributed by atoms with Crippen molar-refractivity contribution in [1.82, 2.24) is 15.5 Å². The number of anilines is 2. The van der Waals surface area contributed by atoms with Gasteiger partial charge in [0, 0.05) is 35.8 Å². The van der Waals surface area contributed by atoms with Crippen molar-refractivity contribution < 1.29 is 24.4 Å². The highest BCUT2D eigenvalue weighted by Crippen LogP contribution is 2.51. The molecule has 0 radical (unpaired) electrons. The third-order valence-corrected chi connectivity index (χ3v) is 10.4. The number of urea groups is 1. The monoisotopic (exact) mass is 675 g/mol. The van der Waals surface area contributed by atoms with Gasteiger partial charge in [-0.15, -0.1) is 0 Å². The molecular formula is C35H42ClN7O5. The van der Waals surface area contributed by atoms with Gasteiger partial charge in [0.2, 0.25) is 5.91 Å². The molecule has 0 spiro atoms. The molecule has 6 N–H and O–H groups in total. The van der Waals surface area contributed by atoms with Crippen LogP contribution >= 0.6 is 11.6 Å². The van der Waals surface area contributed by atoms with Gasteiger partial charge in [-0.2, -0.15) is 0 Å². The van der Waals surface area contributed by atoms with Crippen molar-refractivity contribution in [3.8, 4) is 0 Å². The van der Waals surface area contributed by atoms with E-state index in [4.69, 9.17) is 17.0 Å². The summed E-state index contributed by atoms with van der Waals surface area (Å²) in [6, 6.07) is 11.0. The molecule has 1 unspecified atom stereocenters. The summed E-state index contributed by atoms with van der Waals surface area (Å²) in [5.41, 5.74) is 0.936. The van der Waals surface area contributed by atoms with Crippen molar-refractivity contribution >= 4 is 58.2 Å². The SMILES string of the molecule is CC(=N)C(=NO)C(=O)N[C@H](C(=O)Nc1ccc2c(c1)CC(C(=O)Nc1ccc(Cl)cc1)(N1C[C@@H](C(C)C)NC1=O)C2)C(C1CC1)C1CC1. The van der Waals surface area contributed by atoms with Gasteiger partial charge in [0.1, 0.15) is 11.6 Å². The van der Waals surface area contributed by atoms with Crippen LogP contribution in [0.3, 0.4) is 0 Å². The van der Waals surface area contributed by atoms with Crippen molar-refractivity contribution in [2.45, 2.75) is 76.9 Å². The molecule has 12 nitrogen and oxygen atoms in total. The van der Waals surface area contributed by atoms with E-state index in [1.165, 1.54) is 6.92 Å². The lowest BCUT2D eigenvalue weighted by Gasteiger charge is -2.36. The first-order chi connectivity index (χ1) is 22.9. The number of fused-ring (bicyclic) bond motifs is 1. The lowest BCUT2D eigenvalue weighted by atomic mass is 9.88. The van der Waals surface area contributed by atoms with Gasteiger partial charge in [0.15, 0.2) is 5.71 Å². The van der Waals surface area contributed by atoms with E-state index in [0.717, 1.165) is 36.8 Å². The predicted molar refractivity (Wildman–Crippen MR) is 183 cm³/mol. The summed E-state index contributed by atoms with van der Waals surface area (Å²) in [5.74, 6) is -0.752. The van der Waals surface area contributed by atoms with E-state index in [1.54, 1.807) is 35.2 Å². The second kappa shape index (κ2) is 13.2. The van der Waals surface area contributed by atoms with Crippen LogP contribution in [-0.4, -0.2) is 69.5 Å². The van der Waals surface area contributed by atoms with Crippen LogP contribution < -0.4 is 21.3 Å². The highest BCUT2D eigenvalue weighted by Gasteiger charge is 2.54. The van der Waals surface area contributed by atoms with Crippen LogP contribution in [-0.2, 0) is 27.2 Å². The maximum absolute atomic E-state index is 14.2. The number of nitrogens with zero attached hydrogens (tertiary/aromatic N) is 2. The van der Waals surface area contributed by atoms with Crippen LogP contribution in [0.15, 0.2) is 47.6 Å². The third-order valence-electron chi connectivity index (χ3n) is 10.2. The van der Waals surface area contributed by atoms with Gasteiger partial charge in [-0.1, -0.05) is 36.7 Å². The number of amides is 5. The normalized spacial score (nSPS) is 22.7. The number of hydrogen-bond acceptors (Lipinski definition) is 7. The molecule has 13 heteroatoms. The van der Waals surface area contributed by atoms with E-state index in [1.807, 2.05) is 26.0 Å². The van der Waals surface area contributed by atoms with Crippen LogP contribution in [0, 0.1) is 29.1 Å². The van der Waals surface area contributed by atoms with Crippen molar-refractivity contribution in [2.75, 3.05) is 17.2 Å². The van der Waals surface area contributed by atoms with Gasteiger partial charge in [-0.25, -0.2) is 4.79 Å². The Hall–Kier alpha value is -4.45. The van der Waals surface area contributed by atoms with Crippen molar-refractivity contribution in [3.63, 3.8) is 0 Å². The molecule has 254 valence electrons. The number of hydrogen-bond donors (Lipinski definition) is 6. The van der Waals surface area contributed by atoms with Crippen molar-refractivity contribution in [1.29, 1.82) is 5.41 Å². The first kappa shape index (κ1) is 33.5. The molecule has 0 aromatic heterocycles. The Morgan fingerprint density at radius 1 is 1.00 bits per heavy atom. The molecule has 2 saturated carbocycles. The lowest BCUT2D eigenvalue weighted by molar-refractivity contribution is -0.125. The quantitative estimate of drug-likeness (QED) is 0.109. The second-order valence-corrected chi connectivity index (χ2v) is 14.4. The number of carbonyl (C=O) groups is 4. The molecule has 1 saturated heterocycles. The molecule has 3 aliphatic carbocycles. The number of oxime groups is 1. The van der Waals surface area contributed by atoms with E-state index < -0.39 is 29.1 Å². The second-order valence-electron chi connectivity index (χ2n) is 14.0. The highest BCUT2D eigenvalue weighted by molar-refractivity contribution is 6.65. The number of halogens is 1. The highest BCUT2D eigenvalue weighted by atomic mass is 35.5. The zero-order chi connectivity index (χ0) is 34.3. The van der Waals surface area contributed by atoms with Gasteiger partial charge in [0.25, 0.3) is 11.8 Å². The Bertz CT molecular complexity index is 1660. The standard InChI is InChI=1S/C35H42ClN7O5/c1-18(2)27-17-43(34(47)40-27)35(33(46)39-25-12-9-24(36)10-13-25)15-22-8-11-26(14-23(22)16-35)38-32(45)30(28(20-4-5-20)21-6-7-21)41-31(44)29(42-48)19(3)37/h8-14,18,20-21,27-28,30,37,48H,4-7,15-17H2,1-3H3,(H,38,45)(H,39,46)(H,40,47)(H,41,44)/t27-,30-,35?/m0/s1. The molecule has 2 aromatic rings. The number of rotatable bonds is 12. The summed E-state index contributed by atoms with van der Waals surface area (Å²) in [6.45, 7) is 5.78. The van der Waals surface area contributed by atoms with Gasteiger partial charge < -0.3 is 36.8 Å². The summed E-state index contributed by atoms with van der Waals surface area (Å²) in [5, 5.41) is 32.5. The minimum Gasteiger partial charge on any atom is -0.410 e. The van der Waals surface area contributed by atoms with Crippen molar-refractivity contribution in [3.05, 3.63) is 58.6 Å². The Kier molecular flexibility index (Phi) is 9.21. The van der Waals surface area contributed by atoms with Crippen molar-refractivity contribution in [2.24, 2.45) is 28.8 Å². The van der Waals surface area contributed by atoms with E-state index in [0.29, 0.717) is 41.2 Å². The number of carbonyl (C=O) groups excluding carboxylic acids is 4. The molecule has 1 heterocycles. The van der Waals surface area contributed by atoms with E-state index in [2.05, 4.69) is 26.4 Å². The number of benzene rings is 2. The fourth-order valence-corrected chi connectivity index (χ4v) is 7.37. The Morgan fingerprint density at radius 2 is 1.62 bits per heavy atom. The Labute approximate surface area is 284 Å². The zero-order valence-corrected chi connectivity index (χ0v) is 28.1. The summed E-state index contributed by atoms with van der Waals surface area (Å²) in [7, 11) is 0. The van der Waals surface area contributed by atoms with Gasteiger partial charge >= 0.3 is 6.03 Å². The van der Waals surface area contributed by atoms with Gasteiger partial charge in [0.05, 0.1) is 11.8 Å². The van der Waals surface area contributed by atoms with Crippen LogP contribution in [0.4, 0.5) is 16.2 Å². The molecule has 2 aromatic carbocycles.